The van der Waals surface area contributed by atoms with E-state index in [1.807, 2.05) is 0 Å². The van der Waals surface area contributed by atoms with E-state index in [4.69, 9.17) is 21.5 Å². The lowest BCUT2D eigenvalue weighted by atomic mass is 10.3. The zero-order valence-corrected chi connectivity index (χ0v) is 11.5. The van der Waals surface area contributed by atoms with E-state index in [0.29, 0.717) is 16.6 Å². The third kappa shape index (κ3) is 3.22. The lowest BCUT2D eigenvalue weighted by Crippen LogP contribution is -2.18. The molecule has 1 heterocycles. The summed E-state index contributed by atoms with van der Waals surface area (Å²) in [7, 11) is -2.38. The standard InChI is InChI=1S/C10H11ClN4O3S/c1-15-9(13-14-10(15)19(12,16)17)6-18-8-4-2-7(11)3-5-8/h2-5H,6H2,1H3,(H2,12,16,17). The Hall–Kier alpha value is -1.64. The Labute approximate surface area is 115 Å². The zero-order chi connectivity index (χ0) is 14.0. The molecule has 0 bridgehead atoms. The van der Waals surface area contributed by atoms with Gasteiger partial charge in [-0.15, -0.1) is 10.2 Å². The summed E-state index contributed by atoms with van der Waals surface area (Å²) < 4.78 is 29.1. The minimum atomic E-state index is -3.88. The van der Waals surface area contributed by atoms with Crippen molar-refractivity contribution >= 4 is 21.6 Å². The second-order valence-corrected chi connectivity index (χ2v) is 5.64. The van der Waals surface area contributed by atoms with E-state index in [2.05, 4.69) is 10.2 Å². The van der Waals surface area contributed by atoms with Gasteiger partial charge in [-0.25, -0.2) is 13.6 Å². The molecule has 0 aliphatic carbocycles. The van der Waals surface area contributed by atoms with Crippen molar-refractivity contribution in [2.24, 2.45) is 12.2 Å². The maximum absolute atomic E-state index is 11.2. The van der Waals surface area contributed by atoms with Crippen molar-refractivity contribution in [2.75, 3.05) is 0 Å². The Morgan fingerprint density at radius 1 is 1.32 bits per heavy atom. The van der Waals surface area contributed by atoms with Crippen molar-refractivity contribution in [1.82, 2.24) is 14.8 Å². The molecule has 0 saturated carbocycles. The highest BCUT2D eigenvalue weighted by molar-refractivity contribution is 7.89. The van der Waals surface area contributed by atoms with Gasteiger partial charge in [-0.2, -0.15) is 0 Å². The molecule has 0 radical (unpaired) electrons. The average Bonchev–Trinajstić information content (AvgIpc) is 2.70. The van der Waals surface area contributed by atoms with Gasteiger partial charge in [0.15, 0.2) is 5.82 Å². The van der Waals surface area contributed by atoms with E-state index >= 15 is 0 Å². The zero-order valence-electron chi connectivity index (χ0n) is 9.95. The van der Waals surface area contributed by atoms with Crippen LogP contribution in [0.1, 0.15) is 5.82 Å². The van der Waals surface area contributed by atoms with Gasteiger partial charge in [0.1, 0.15) is 12.4 Å². The quantitative estimate of drug-likeness (QED) is 0.896. The first kappa shape index (κ1) is 13.8. The van der Waals surface area contributed by atoms with E-state index in [1.54, 1.807) is 24.3 Å². The van der Waals surface area contributed by atoms with E-state index < -0.39 is 10.0 Å². The molecule has 0 spiro atoms. The van der Waals surface area contributed by atoms with Crippen LogP contribution in [-0.2, 0) is 23.7 Å². The molecule has 102 valence electrons. The molecular formula is C10H11ClN4O3S. The van der Waals surface area contributed by atoms with Crippen LogP contribution in [0.15, 0.2) is 29.4 Å². The number of ether oxygens (including phenoxy) is 1. The van der Waals surface area contributed by atoms with Crippen LogP contribution in [-0.4, -0.2) is 23.2 Å². The lowest BCUT2D eigenvalue weighted by molar-refractivity contribution is 0.290. The van der Waals surface area contributed by atoms with Crippen LogP contribution in [0, 0.1) is 0 Å². The van der Waals surface area contributed by atoms with E-state index in [1.165, 1.54) is 11.6 Å². The summed E-state index contributed by atoms with van der Waals surface area (Å²) in [6.45, 7) is 0.0701. The highest BCUT2D eigenvalue weighted by atomic mass is 35.5. The van der Waals surface area contributed by atoms with Crippen LogP contribution < -0.4 is 9.88 Å². The van der Waals surface area contributed by atoms with Gasteiger partial charge < -0.3 is 9.30 Å². The molecule has 1 aromatic carbocycles. The van der Waals surface area contributed by atoms with Gasteiger partial charge in [0.25, 0.3) is 15.2 Å². The summed E-state index contributed by atoms with van der Waals surface area (Å²) in [5.41, 5.74) is 0. The summed E-state index contributed by atoms with van der Waals surface area (Å²) in [6, 6.07) is 6.76. The third-order valence-electron chi connectivity index (χ3n) is 2.36. The minimum Gasteiger partial charge on any atom is -0.486 e. The molecule has 1 aromatic heterocycles. The van der Waals surface area contributed by atoms with Crippen LogP contribution in [0.3, 0.4) is 0 Å². The predicted octanol–water partition coefficient (Wildman–Crippen LogP) is 0.695. The number of nitrogens with zero attached hydrogens (tertiary/aromatic N) is 3. The predicted molar refractivity (Wildman–Crippen MR) is 68.2 cm³/mol. The number of sulfonamides is 1. The summed E-state index contributed by atoms with van der Waals surface area (Å²) in [5, 5.41) is 12.5. The van der Waals surface area contributed by atoms with Gasteiger partial charge in [-0.05, 0) is 24.3 Å². The summed E-state index contributed by atoms with van der Waals surface area (Å²) in [5.74, 6) is 0.934. The number of hydrogen-bond donors (Lipinski definition) is 1. The van der Waals surface area contributed by atoms with Crippen LogP contribution in [0.4, 0.5) is 0 Å². The monoisotopic (exact) mass is 302 g/mol. The van der Waals surface area contributed by atoms with Crippen molar-refractivity contribution in [3.05, 3.63) is 35.1 Å². The smallest absolute Gasteiger partial charge is 0.273 e. The fourth-order valence-electron chi connectivity index (χ4n) is 1.40. The molecule has 0 amide bonds. The van der Waals surface area contributed by atoms with E-state index in [0.717, 1.165) is 0 Å². The van der Waals surface area contributed by atoms with Gasteiger partial charge in [-0.3, -0.25) is 0 Å². The third-order valence-corrected chi connectivity index (χ3v) is 3.48. The molecule has 2 rings (SSSR count). The minimum absolute atomic E-state index is 0.0701. The molecular weight excluding hydrogens is 292 g/mol. The Balaban J connectivity index is 2.13. The number of aromatic nitrogens is 3. The molecule has 0 saturated heterocycles. The molecule has 2 aromatic rings. The molecule has 2 N–H and O–H groups in total. The van der Waals surface area contributed by atoms with Crippen LogP contribution in [0.2, 0.25) is 5.02 Å². The number of nitrogens with two attached hydrogens (primary N) is 1. The van der Waals surface area contributed by atoms with Crippen molar-refractivity contribution < 1.29 is 13.2 Å². The molecule has 0 aliphatic heterocycles. The maximum Gasteiger partial charge on any atom is 0.273 e. The Bertz CT molecular complexity index is 681. The van der Waals surface area contributed by atoms with Crippen LogP contribution in [0.5, 0.6) is 5.75 Å². The highest BCUT2D eigenvalue weighted by Crippen LogP contribution is 2.16. The molecule has 9 heteroatoms. The summed E-state index contributed by atoms with van der Waals surface area (Å²) >= 11 is 5.74. The number of rotatable bonds is 4. The first-order chi connectivity index (χ1) is 8.88. The Morgan fingerprint density at radius 2 is 1.95 bits per heavy atom. The molecule has 0 atom stereocenters. The number of halogens is 1. The number of benzene rings is 1. The largest absolute Gasteiger partial charge is 0.486 e. The van der Waals surface area contributed by atoms with E-state index in [-0.39, 0.29) is 11.8 Å². The lowest BCUT2D eigenvalue weighted by Gasteiger charge is -2.06. The molecule has 0 fully saturated rings. The molecule has 7 nitrogen and oxygen atoms in total. The number of hydrogen-bond acceptors (Lipinski definition) is 5. The fourth-order valence-corrected chi connectivity index (χ4v) is 2.16. The molecule has 19 heavy (non-hydrogen) atoms. The highest BCUT2D eigenvalue weighted by Gasteiger charge is 2.18. The summed E-state index contributed by atoms with van der Waals surface area (Å²) in [6.07, 6.45) is 0. The first-order valence-electron chi connectivity index (χ1n) is 5.17. The summed E-state index contributed by atoms with van der Waals surface area (Å²) in [4.78, 5) is 0. The topological polar surface area (TPSA) is 100 Å². The van der Waals surface area contributed by atoms with Gasteiger partial charge in [-0.1, -0.05) is 11.6 Å². The SMILES string of the molecule is Cn1c(COc2ccc(Cl)cc2)nnc1S(N)(=O)=O. The Kier molecular flexibility index (Phi) is 3.74. The molecule has 0 aliphatic rings. The van der Waals surface area contributed by atoms with Crippen LogP contribution >= 0.6 is 11.6 Å². The van der Waals surface area contributed by atoms with E-state index in [9.17, 15) is 8.42 Å². The second-order valence-electron chi connectivity index (χ2n) is 3.75. The van der Waals surface area contributed by atoms with Gasteiger partial charge in [0, 0.05) is 12.1 Å². The van der Waals surface area contributed by atoms with Gasteiger partial charge >= 0.3 is 0 Å². The maximum atomic E-state index is 11.2. The van der Waals surface area contributed by atoms with Crippen molar-refractivity contribution in [1.29, 1.82) is 0 Å². The number of primary sulfonamides is 1. The fraction of sp³-hybridized carbons (Fsp3) is 0.200. The first-order valence-corrected chi connectivity index (χ1v) is 7.10. The second kappa shape index (κ2) is 5.16. The van der Waals surface area contributed by atoms with Gasteiger partial charge in [0.2, 0.25) is 0 Å². The van der Waals surface area contributed by atoms with Gasteiger partial charge in [0.05, 0.1) is 0 Å². The van der Waals surface area contributed by atoms with Crippen molar-refractivity contribution in [3.63, 3.8) is 0 Å². The Morgan fingerprint density at radius 3 is 2.47 bits per heavy atom. The molecule has 0 unspecified atom stereocenters. The van der Waals surface area contributed by atoms with Crippen molar-refractivity contribution in [3.8, 4) is 5.75 Å². The normalized spacial score (nSPS) is 11.5. The van der Waals surface area contributed by atoms with Crippen molar-refractivity contribution in [2.45, 2.75) is 11.8 Å². The van der Waals surface area contributed by atoms with Crippen LogP contribution in [0.25, 0.3) is 0 Å². The average molecular weight is 303 g/mol.